The smallest absolute Gasteiger partial charge is 0.326 e. The number of aliphatic imine (C=N–C) groups is 1. The van der Waals surface area contributed by atoms with Gasteiger partial charge < -0.3 is 69.0 Å². The van der Waals surface area contributed by atoms with E-state index in [2.05, 4.69) is 41.5 Å². The second-order valence-electron chi connectivity index (χ2n) is 16.1. The van der Waals surface area contributed by atoms with Crippen LogP contribution in [0.4, 0.5) is 0 Å². The van der Waals surface area contributed by atoms with Crippen molar-refractivity contribution in [1.82, 2.24) is 41.5 Å². The average Bonchev–Trinajstić information content (AvgIpc) is 3.95. The van der Waals surface area contributed by atoms with Crippen molar-refractivity contribution >= 4 is 53.3 Å². The molecule has 23 heteroatoms. The van der Waals surface area contributed by atoms with Crippen LogP contribution in [-0.2, 0) is 51.2 Å². The summed E-state index contributed by atoms with van der Waals surface area (Å²) < 4.78 is 0. The van der Waals surface area contributed by atoms with E-state index >= 15 is 0 Å². The molecule has 0 aliphatic carbocycles. The van der Waals surface area contributed by atoms with Gasteiger partial charge in [-0.05, 0) is 55.2 Å². The Bertz CT molecular complexity index is 1960. The van der Waals surface area contributed by atoms with Crippen LogP contribution in [0, 0.1) is 11.8 Å². The lowest BCUT2D eigenvalue weighted by Gasteiger charge is -2.31. The van der Waals surface area contributed by atoms with Gasteiger partial charge in [0.1, 0.15) is 42.0 Å². The normalized spacial score (nSPS) is 16.8. The van der Waals surface area contributed by atoms with Crippen LogP contribution in [0.3, 0.4) is 0 Å². The Labute approximate surface area is 370 Å². The third-order valence-electron chi connectivity index (χ3n) is 10.8. The molecule has 8 atom stereocenters. The Morgan fingerprint density at radius 1 is 0.844 bits per heavy atom. The highest BCUT2D eigenvalue weighted by Crippen LogP contribution is 2.20. The summed E-state index contributed by atoms with van der Waals surface area (Å²) in [6.45, 7) is 6.98. The molecule has 2 heterocycles. The monoisotopic (exact) mass is 898 g/mol. The van der Waals surface area contributed by atoms with Gasteiger partial charge in [-0.2, -0.15) is 0 Å². The molecular formula is C41H62N12O11. The molecule has 1 aromatic carbocycles. The van der Waals surface area contributed by atoms with E-state index in [1.807, 2.05) is 0 Å². The summed E-state index contributed by atoms with van der Waals surface area (Å²) in [5.74, 6) is -8.67. The summed E-state index contributed by atoms with van der Waals surface area (Å²) in [7, 11) is 0. The van der Waals surface area contributed by atoms with Gasteiger partial charge in [0.2, 0.25) is 35.4 Å². The van der Waals surface area contributed by atoms with Gasteiger partial charge in [-0.3, -0.25) is 38.6 Å². The number of nitrogens with one attached hydrogen (secondary N) is 6. The zero-order valence-corrected chi connectivity index (χ0v) is 36.4. The first kappa shape index (κ1) is 51.6. The quantitative estimate of drug-likeness (QED) is 0.0290. The number of rotatable bonds is 25. The number of phenols is 1. The van der Waals surface area contributed by atoms with Crippen molar-refractivity contribution in [3.63, 3.8) is 0 Å². The number of aromatic hydroxyl groups is 1. The van der Waals surface area contributed by atoms with Crippen molar-refractivity contribution in [2.75, 3.05) is 13.1 Å². The van der Waals surface area contributed by atoms with E-state index in [1.54, 1.807) is 27.7 Å². The number of nitrogens with two attached hydrogens (primary N) is 3. The first-order valence-corrected chi connectivity index (χ1v) is 21.0. The summed E-state index contributed by atoms with van der Waals surface area (Å²) >= 11 is 0. The maximum Gasteiger partial charge on any atom is 0.326 e. The molecule has 3 rings (SSSR count). The molecule has 1 aliphatic rings. The Morgan fingerprint density at radius 3 is 2.03 bits per heavy atom. The fraction of sp³-hybridized carbons (Fsp3) is 0.561. The summed E-state index contributed by atoms with van der Waals surface area (Å²) in [6, 6.07) is -3.26. The van der Waals surface area contributed by atoms with E-state index < -0.39 is 108 Å². The van der Waals surface area contributed by atoms with E-state index in [9.17, 15) is 48.6 Å². The van der Waals surface area contributed by atoms with Gasteiger partial charge in [0.25, 0.3) is 0 Å². The number of carboxylic acid groups (broad SMARTS) is 2. The van der Waals surface area contributed by atoms with E-state index in [0.717, 1.165) is 0 Å². The van der Waals surface area contributed by atoms with E-state index in [0.29, 0.717) is 24.1 Å². The summed E-state index contributed by atoms with van der Waals surface area (Å²) in [5, 5.41) is 42.0. The van der Waals surface area contributed by atoms with E-state index in [1.165, 1.54) is 41.7 Å². The van der Waals surface area contributed by atoms with Crippen LogP contribution in [0.2, 0.25) is 0 Å². The maximum atomic E-state index is 14.3. The van der Waals surface area contributed by atoms with Gasteiger partial charge in [-0.1, -0.05) is 46.2 Å². The van der Waals surface area contributed by atoms with Crippen LogP contribution < -0.4 is 43.8 Å². The number of likely N-dealkylation sites (tertiary alicyclic amines) is 1. The topological polar surface area (TPSA) is 380 Å². The molecule has 1 saturated heterocycles. The van der Waals surface area contributed by atoms with Crippen LogP contribution in [-0.4, -0.2) is 139 Å². The molecule has 23 nitrogen and oxygen atoms in total. The highest BCUT2D eigenvalue weighted by Gasteiger charge is 2.40. The number of nitrogens with zero attached hydrogens (tertiary/aromatic N) is 3. The van der Waals surface area contributed by atoms with Gasteiger partial charge in [-0.25, -0.2) is 9.78 Å². The second-order valence-corrected chi connectivity index (χ2v) is 16.1. The van der Waals surface area contributed by atoms with Gasteiger partial charge in [-0.15, -0.1) is 0 Å². The first-order valence-electron chi connectivity index (χ1n) is 21.0. The van der Waals surface area contributed by atoms with Crippen LogP contribution in [0.25, 0.3) is 0 Å². The fourth-order valence-corrected chi connectivity index (χ4v) is 6.98. The Balaban J connectivity index is 1.91. The third kappa shape index (κ3) is 15.8. The summed E-state index contributed by atoms with van der Waals surface area (Å²) in [5.41, 5.74) is 17.5. The van der Waals surface area contributed by atoms with Crippen molar-refractivity contribution in [1.29, 1.82) is 0 Å². The van der Waals surface area contributed by atoms with E-state index in [4.69, 9.17) is 22.3 Å². The standard InChI is InChI=1S/C41H62N12O11/c1-5-22(4)33(38(61)50-29(17-24-19-45-20-47-24)39(62)53-15-7-9-30(53)40(63)64)52-36(59)28(16-23-10-12-25(54)13-11-23)49-37(60)32(21(2)3)51-35(58)27(8-6-14-46-41(43)44)48-34(57)26(42)18-31(55)56/h10-13,19-22,26-30,32-33,54H,5-9,14-18,42H2,1-4H3,(H,45,47)(H,48,57)(H,49,60)(H,50,61)(H,51,58)(H,52,59)(H,55,56)(H,63,64)(H4,43,44,46)/t22-,26-,27?,28-,29-,30-,32?,33-/m0/s1. The lowest BCUT2D eigenvalue weighted by Crippen LogP contribution is -2.62. The number of aromatic amines is 1. The number of imidazole rings is 1. The Kier molecular flexibility index (Phi) is 19.9. The van der Waals surface area contributed by atoms with Crippen molar-refractivity contribution in [3.05, 3.63) is 48.0 Å². The second kappa shape index (κ2) is 24.8. The molecule has 1 aromatic heterocycles. The van der Waals surface area contributed by atoms with Crippen LogP contribution in [0.15, 0.2) is 41.8 Å². The largest absolute Gasteiger partial charge is 0.508 e. The molecule has 1 aliphatic heterocycles. The molecule has 2 aromatic rings. The zero-order valence-electron chi connectivity index (χ0n) is 36.4. The molecule has 0 spiro atoms. The highest BCUT2D eigenvalue weighted by atomic mass is 16.4. The van der Waals surface area contributed by atoms with Crippen molar-refractivity contribution in [2.24, 2.45) is 34.0 Å². The fourth-order valence-electron chi connectivity index (χ4n) is 6.98. The predicted octanol–water partition coefficient (Wildman–Crippen LogP) is -2.04. The number of carbonyl (C=O) groups excluding carboxylic acids is 6. The minimum absolute atomic E-state index is 0.0436. The van der Waals surface area contributed by atoms with Crippen LogP contribution in [0.1, 0.15) is 77.5 Å². The van der Waals surface area contributed by atoms with Gasteiger partial charge in [0, 0.05) is 37.8 Å². The maximum absolute atomic E-state index is 14.3. The molecule has 0 saturated carbocycles. The molecule has 352 valence electrons. The summed E-state index contributed by atoms with van der Waals surface area (Å²) in [4.78, 5) is 118. The molecule has 2 unspecified atom stereocenters. The number of guanidine groups is 1. The minimum Gasteiger partial charge on any atom is -0.508 e. The van der Waals surface area contributed by atoms with Crippen LogP contribution >= 0.6 is 0 Å². The number of aliphatic carboxylic acids is 2. The number of amides is 6. The SMILES string of the molecule is CC[C@H](C)[C@H](NC(=O)[C@H](Cc1ccc(O)cc1)NC(=O)C(NC(=O)C(CCCN=C(N)N)NC(=O)[C@@H](N)CC(=O)O)C(C)C)C(=O)N[C@@H](Cc1cnc[nH]1)C(=O)N1CCC[C@H]1C(=O)O. The zero-order chi connectivity index (χ0) is 47.7. The number of hydrogen-bond donors (Lipinski definition) is 12. The lowest BCUT2D eigenvalue weighted by atomic mass is 9.96. The van der Waals surface area contributed by atoms with Crippen molar-refractivity contribution < 1.29 is 53.7 Å². The molecule has 15 N–H and O–H groups in total. The van der Waals surface area contributed by atoms with Crippen LogP contribution in [0.5, 0.6) is 5.75 Å². The number of aromatic nitrogens is 2. The van der Waals surface area contributed by atoms with Gasteiger partial charge >= 0.3 is 11.9 Å². The molecular weight excluding hydrogens is 837 g/mol. The number of carbonyl (C=O) groups is 8. The summed E-state index contributed by atoms with van der Waals surface area (Å²) in [6.07, 6.45) is 3.14. The highest BCUT2D eigenvalue weighted by molar-refractivity contribution is 5.97. The van der Waals surface area contributed by atoms with Crippen molar-refractivity contribution in [2.45, 2.75) is 121 Å². The first-order chi connectivity index (χ1) is 30.2. The molecule has 1 fully saturated rings. The Morgan fingerprint density at radius 2 is 1.45 bits per heavy atom. The van der Waals surface area contributed by atoms with Gasteiger partial charge in [0.15, 0.2) is 5.96 Å². The number of hydrogen-bond acceptors (Lipinski definition) is 12. The van der Waals surface area contributed by atoms with Crippen molar-refractivity contribution in [3.8, 4) is 5.75 Å². The lowest BCUT2D eigenvalue weighted by molar-refractivity contribution is -0.149. The molecule has 0 bridgehead atoms. The third-order valence-corrected chi connectivity index (χ3v) is 10.8. The molecule has 0 radical (unpaired) electrons. The average molecular weight is 899 g/mol. The number of phenolic OH excluding ortho intramolecular Hbond substituents is 1. The number of H-pyrrole nitrogens is 1. The minimum atomic E-state index is -1.49. The van der Waals surface area contributed by atoms with Gasteiger partial charge in [0.05, 0.1) is 18.8 Å². The van der Waals surface area contributed by atoms with E-state index in [-0.39, 0.29) is 56.9 Å². The predicted molar refractivity (Wildman–Crippen MR) is 231 cm³/mol. The number of benzene rings is 1. The molecule has 6 amide bonds. The number of carboxylic acids is 2. The molecule has 64 heavy (non-hydrogen) atoms. The Hall–Kier alpha value is -6.78.